The van der Waals surface area contributed by atoms with E-state index in [1.807, 2.05) is 7.05 Å². The Bertz CT molecular complexity index is 262. The smallest absolute Gasteiger partial charge is 0.209 e. The minimum Gasteiger partial charge on any atom is -0.317 e. The van der Waals surface area contributed by atoms with Crippen molar-refractivity contribution in [2.75, 3.05) is 18.8 Å². The quantitative estimate of drug-likeness (QED) is 0.702. The molecule has 1 aromatic heterocycles. The van der Waals surface area contributed by atoms with Crippen LogP contribution in [0.1, 0.15) is 13.8 Å². The average molecular weight is 215 g/mol. The van der Waals surface area contributed by atoms with Gasteiger partial charge in [-0.3, -0.25) is 0 Å². The lowest BCUT2D eigenvalue weighted by Crippen LogP contribution is -2.22. The highest BCUT2D eigenvalue weighted by Gasteiger charge is 2.06. The third-order valence-electron chi connectivity index (χ3n) is 1.82. The lowest BCUT2D eigenvalue weighted by Gasteiger charge is -2.09. The number of nitrogens with zero attached hydrogens (tertiary/aromatic N) is 4. The summed E-state index contributed by atoms with van der Waals surface area (Å²) in [5.74, 6) is 1.68. The number of hydrogen-bond donors (Lipinski definition) is 1. The second-order valence-corrected chi connectivity index (χ2v) is 4.30. The van der Waals surface area contributed by atoms with Crippen molar-refractivity contribution in [1.82, 2.24) is 25.5 Å². The Kier molecular flexibility index (Phi) is 4.89. The molecule has 0 aromatic carbocycles. The first-order chi connectivity index (χ1) is 6.74. The molecule has 0 spiro atoms. The molecule has 0 aliphatic heterocycles. The molecular formula is C8H17N5S. The molecule has 1 unspecified atom stereocenters. The van der Waals surface area contributed by atoms with E-state index in [-0.39, 0.29) is 0 Å². The summed E-state index contributed by atoms with van der Waals surface area (Å²) in [6.45, 7) is 6.42. The normalized spacial score (nSPS) is 13.1. The van der Waals surface area contributed by atoms with Gasteiger partial charge in [-0.15, -0.1) is 5.10 Å². The predicted molar refractivity (Wildman–Crippen MR) is 57.2 cm³/mol. The summed E-state index contributed by atoms with van der Waals surface area (Å²) >= 11 is 1.70. The average Bonchev–Trinajstić information content (AvgIpc) is 2.58. The summed E-state index contributed by atoms with van der Waals surface area (Å²) in [5.41, 5.74) is 0. The van der Waals surface area contributed by atoms with Gasteiger partial charge in [-0.1, -0.05) is 25.6 Å². The van der Waals surface area contributed by atoms with Crippen LogP contribution in [0.5, 0.6) is 0 Å². The maximum Gasteiger partial charge on any atom is 0.209 e. The van der Waals surface area contributed by atoms with E-state index < -0.39 is 0 Å². The van der Waals surface area contributed by atoms with Gasteiger partial charge in [-0.2, -0.15) is 0 Å². The molecule has 1 heterocycles. The number of hydrogen-bond acceptors (Lipinski definition) is 5. The summed E-state index contributed by atoms with van der Waals surface area (Å²) < 4.78 is 1.70. The van der Waals surface area contributed by atoms with E-state index in [4.69, 9.17) is 0 Å². The lowest BCUT2D eigenvalue weighted by molar-refractivity contribution is 0.572. The monoisotopic (exact) mass is 215 g/mol. The summed E-state index contributed by atoms with van der Waals surface area (Å²) in [5, 5.41) is 15.5. The largest absolute Gasteiger partial charge is 0.317 e. The summed E-state index contributed by atoms with van der Waals surface area (Å²) in [6, 6.07) is 0. The SMILES string of the molecule is CCNCC(C)CSc1nnnn1C. The van der Waals surface area contributed by atoms with Crippen LogP contribution >= 0.6 is 11.8 Å². The molecular weight excluding hydrogens is 198 g/mol. The Hall–Kier alpha value is -0.620. The minimum atomic E-state index is 0.636. The van der Waals surface area contributed by atoms with E-state index in [2.05, 4.69) is 34.7 Å². The van der Waals surface area contributed by atoms with Gasteiger partial charge in [0.05, 0.1) is 0 Å². The molecule has 0 fully saturated rings. The lowest BCUT2D eigenvalue weighted by atomic mass is 10.2. The molecule has 5 nitrogen and oxygen atoms in total. The van der Waals surface area contributed by atoms with Crippen LogP contribution in [-0.2, 0) is 7.05 Å². The van der Waals surface area contributed by atoms with Crippen LogP contribution in [0.3, 0.4) is 0 Å². The molecule has 0 saturated carbocycles. The van der Waals surface area contributed by atoms with Gasteiger partial charge in [0.15, 0.2) is 0 Å². The first-order valence-corrected chi connectivity index (χ1v) is 5.78. The molecule has 1 N–H and O–H groups in total. The zero-order chi connectivity index (χ0) is 10.4. The highest BCUT2D eigenvalue weighted by Crippen LogP contribution is 2.15. The van der Waals surface area contributed by atoms with Gasteiger partial charge in [0.1, 0.15) is 0 Å². The van der Waals surface area contributed by atoms with Crippen molar-refractivity contribution >= 4 is 11.8 Å². The molecule has 0 bridgehead atoms. The van der Waals surface area contributed by atoms with Gasteiger partial charge in [0.2, 0.25) is 5.16 Å². The van der Waals surface area contributed by atoms with Gasteiger partial charge >= 0.3 is 0 Å². The van der Waals surface area contributed by atoms with Crippen LogP contribution in [0.15, 0.2) is 5.16 Å². The highest BCUT2D eigenvalue weighted by molar-refractivity contribution is 7.99. The van der Waals surface area contributed by atoms with Crippen LogP contribution in [0, 0.1) is 5.92 Å². The van der Waals surface area contributed by atoms with Gasteiger partial charge in [0.25, 0.3) is 0 Å². The number of rotatable bonds is 6. The van der Waals surface area contributed by atoms with Gasteiger partial charge < -0.3 is 5.32 Å². The van der Waals surface area contributed by atoms with Crippen LogP contribution in [0.4, 0.5) is 0 Å². The first kappa shape index (κ1) is 11.5. The molecule has 0 aliphatic rings. The Balaban J connectivity index is 2.23. The Morgan fingerprint density at radius 2 is 2.36 bits per heavy atom. The van der Waals surface area contributed by atoms with E-state index in [1.54, 1.807) is 16.4 Å². The van der Waals surface area contributed by atoms with E-state index in [9.17, 15) is 0 Å². The van der Waals surface area contributed by atoms with Crippen LogP contribution in [0.2, 0.25) is 0 Å². The molecule has 1 rings (SSSR count). The Morgan fingerprint density at radius 3 is 2.93 bits per heavy atom. The molecule has 1 atom stereocenters. The van der Waals surface area contributed by atoms with Crippen LogP contribution in [-0.4, -0.2) is 39.0 Å². The molecule has 80 valence electrons. The fourth-order valence-corrected chi connectivity index (χ4v) is 1.88. The van der Waals surface area contributed by atoms with Gasteiger partial charge in [-0.05, 0) is 29.4 Å². The number of thioether (sulfide) groups is 1. The summed E-state index contributed by atoms with van der Waals surface area (Å²) in [6.07, 6.45) is 0. The second kappa shape index (κ2) is 5.98. The minimum absolute atomic E-state index is 0.636. The van der Waals surface area contributed by atoms with E-state index in [1.165, 1.54) is 0 Å². The fourth-order valence-electron chi connectivity index (χ4n) is 1.01. The molecule has 0 radical (unpaired) electrons. The second-order valence-electron chi connectivity index (χ2n) is 3.31. The third kappa shape index (κ3) is 3.63. The van der Waals surface area contributed by atoms with Crippen LogP contribution in [0.25, 0.3) is 0 Å². The molecule has 0 saturated heterocycles. The zero-order valence-corrected chi connectivity index (χ0v) is 9.71. The Morgan fingerprint density at radius 1 is 1.57 bits per heavy atom. The zero-order valence-electron chi connectivity index (χ0n) is 8.90. The molecule has 1 aromatic rings. The molecule has 0 aliphatic carbocycles. The van der Waals surface area contributed by atoms with Crippen molar-refractivity contribution in [3.8, 4) is 0 Å². The third-order valence-corrected chi connectivity index (χ3v) is 3.16. The topological polar surface area (TPSA) is 55.6 Å². The standard InChI is InChI=1S/C8H17N5S/c1-4-9-5-7(2)6-14-8-10-11-12-13(8)3/h7,9H,4-6H2,1-3H3. The van der Waals surface area contributed by atoms with E-state index in [0.717, 1.165) is 24.0 Å². The van der Waals surface area contributed by atoms with Crippen molar-refractivity contribution in [2.24, 2.45) is 13.0 Å². The van der Waals surface area contributed by atoms with Crippen molar-refractivity contribution in [3.63, 3.8) is 0 Å². The van der Waals surface area contributed by atoms with Gasteiger partial charge in [0, 0.05) is 12.8 Å². The summed E-state index contributed by atoms with van der Waals surface area (Å²) in [7, 11) is 1.86. The van der Waals surface area contributed by atoms with Crippen molar-refractivity contribution in [1.29, 1.82) is 0 Å². The maximum absolute atomic E-state index is 3.91. The Labute approximate surface area is 88.6 Å². The molecule has 6 heteroatoms. The fraction of sp³-hybridized carbons (Fsp3) is 0.875. The first-order valence-electron chi connectivity index (χ1n) is 4.80. The van der Waals surface area contributed by atoms with E-state index >= 15 is 0 Å². The predicted octanol–water partition coefficient (Wildman–Crippen LogP) is 0.548. The molecule has 14 heavy (non-hydrogen) atoms. The van der Waals surface area contributed by atoms with Crippen molar-refractivity contribution < 1.29 is 0 Å². The number of aryl methyl sites for hydroxylation is 1. The molecule has 0 amide bonds. The number of tetrazole rings is 1. The number of aromatic nitrogens is 4. The number of nitrogens with one attached hydrogen (secondary N) is 1. The van der Waals surface area contributed by atoms with Crippen molar-refractivity contribution in [2.45, 2.75) is 19.0 Å². The van der Waals surface area contributed by atoms with Crippen molar-refractivity contribution in [3.05, 3.63) is 0 Å². The van der Waals surface area contributed by atoms with E-state index in [0.29, 0.717) is 5.92 Å². The highest BCUT2D eigenvalue weighted by atomic mass is 32.2. The maximum atomic E-state index is 3.91. The van der Waals surface area contributed by atoms with Crippen LogP contribution < -0.4 is 5.32 Å². The summed E-state index contributed by atoms with van der Waals surface area (Å²) in [4.78, 5) is 0. The van der Waals surface area contributed by atoms with Gasteiger partial charge in [-0.25, -0.2) is 4.68 Å².